The molecule has 0 radical (unpaired) electrons. The molecule has 21 heavy (non-hydrogen) atoms. The minimum absolute atomic E-state index is 0.140. The molecule has 1 aliphatic rings. The molecule has 0 amide bonds. The average Bonchev–Trinajstić information content (AvgIpc) is 3.26. The zero-order valence-electron chi connectivity index (χ0n) is 13.9. The van der Waals surface area contributed by atoms with Gasteiger partial charge >= 0.3 is 0 Å². The molecule has 1 heterocycles. The lowest BCUT2D eigenvalue weighted by Crippen LogP contribution is -2.35. The predicted octanol–water partition coefficient (Wildman–Crippen LogP) is 2.58. The fourth-order valence-corrected chi connectivity index (χ4v) is 2.27. The summed E-state index contributed by atoms with van der Waals surface area (Å²) in [4.78, 5) is 7.10. The quantitative estimate of drug-likeness (QED) is 0.799. The van der Waals surface area contributed by atoms with Crippen LogP contribution >= 0.6 is 0 Å². The van der Waals surface area contributed by atoms with Crippen LogP contribution in [-0.4, -0.2) is 41.7 Å². The molecule has 1 saturated carbocycles. The first-order valence-electron chi connectivity index (χ1n) is 7.90. The second-order valence-electron chi connectivity index (χ2n) is 6.96. The second kappa shape index (κ2) is 7.34. The molecule has 0 aliphatic heterocycles. The van der Waals surface area contributed by atoms with Gasteiger partial charge in [0, 0.05) is 44.5 Å². The van der Waals surface area contributed by atoms with E-state index >= 15 is 0 Å². The number of pyridine rings is 1. The molecular weight excluding hydrogens is 262 g/mol. The summed E-state index contributed by atoms with van der Waals surface area (Å²) < 4.78 is 5.20. The Labute approximate surface area is 128 Å². The number of methoxy groups -OCH3 is 1. The number of nitrogens with one attached hydrogen (secondary N) is 1. The Hall–Kier alpha value is -0.970. The number of nitrogens with zero attached hydrogens (tertiary/aromatic N) is 2. The van der Waals surface area contributed by atoms with Crippen LogP contribution in [0.5, 0.6) is 0 Å². The van der Waals surface area contributed by atoms with Crippen molar-refractivity contribution in [1.82, 2.24) is 15.2 Å². The standard InChI is InChI=1S/C17H29N3O/c1-17(2,3)19-12-14-5-6-15(18-11-14)13-20(9-10-21-4)16-7-8-16/h5-6,11,16,19H,7-10,12-13H2,1-4H3. The van der Waals surface area contributed by atoms with Crippen molar-refractivity contribution in [3.05, 3.63) is 29.6 Å². The van der Waals surface area contributed by atoms with Gasteiger partial charge in [-0.25, -0.2) is 0 Å². The molecule has 1 aromatic heterocycles. The van der Waals surface area contributed by atoms with E-state index in [-0.39, 0.29) is 5.54 Å². The van der Waals surface area contributed by atoms with Gasteiger partial charge in [0.15, 0.2) is 0 Å². The molecule has 0 unspecified atom stereocenters. The van der Waals surface area contributed by atoms with Crippen molar-refractivity contribution < 1.29 is 4.74 Å². The van der Waals surface area contributed by atoms with Gasteiger partial charge in [0.05, 0.1) is 12.3 Å². The molecule has 1 fully saturated rings. The monoisotopic (exact) mass is 291 g/mol. The molecule has 0 spiro atoms. The molecule has 0 saturated heterocycles. The lowest BCUT2D eigenvalue weighted by molar-refractivity contribution is 0.139. The molecule has 0 aromatic carbocycles. The third-order valence-electron chi connectivity index (χ3n) is 3.72. The fourth-order valence-electron chi connectivity index (χ4n) is 2.27. The highest BCUT2D eigenvalue weighted by atomic mass is 16.5. The molecule has 0 bridgehead atoms. The number of ether oxygens (including phenoxy) is 1. The predicted molar refractivity (Wildman–Crippen MR) is 86.1 cm³/mol. The van der Waals surface area contributed by atoms with E-state index in [4.69, 9.17) is 4.74 Å². The fraction of sp³-hybridized carbons (Fsp3) is 0.706. The van der Waals surface area contributed by atoms with Crippen molar-refractivity contribution in [2.75, 3.05) is 20.3 Å². The van der Waals surface area contributed by atoms with Crippen LogP contribution in [-0.2, 0) is 17.8 Å². The first kappa shape index (κ1) is 16.4. The van der Waals surface area contributed by atoms with Crippen LogP contribution in [0, 0.1) is 0 Å². The number of aromatic nitrogens is 1. The van der Waals surface area contributed by atoms with Gasteiger partial charge in [-0.05, 0) is 45.2 Å². The molecule has 1 aliphatic carbocycles. The van der Waals surface area contributed by atoms with Crippen molar-refractivity contribution in [2.45, 2.75) is 58.3 Å². The maximum atomic E-state index is 5.20. The van der Waals surface area contributed by atoms with E-state index in [0.717, 1.165) is 38.0 Å². The highest BCUT2D eigenvalue weighted by Gasteiger charge is 2.28. The maximum Gasteiger partial charge on any atom is 0.0589 e. The van der Waals surface area contributed by atoms with Crippen LogP contribution < -0.4 is 5.32 Å². The van der Waals surface area contributed by atoms with Crippen LogP contribution in [0.4, 0.5) is 0 Å². The normalized spacial score (nSPS) is 15.7. The Morgan fingerprint density at radius 3 is 2.62 bits per heavy atom. The number of hydrogen-bond donors (Lipinski definition) is 1. The zero-order valence-corrected chi connectivity index (χ0v) is 13.9. The van der Waals surface area contributed by atoms with Gasteiger partial charge in [0.25, 0.3) is 0 Å². The molecule has 4 nitrogen and oxygen atoms in total. The Kier molecular flexibility index (Phi) is 5.73. The van der Waals surface area contributed by atoms with Crippen molar-refractivity contribution in [2.24, 2.45) is 0 Å². The molecule has 118 valence electrons. The summed E-state index contributed by atoms with van der Waals surface area (Å²) >= 11 is 0. The average molecular weight is 291 g/mol. The second-order valence-corrected chi connectivity index (χ2v) is 6.96. The van der Waals surface area contributed by atoms with Gasteiger partial charge < -0.3 is 10.1 Å². The Bertz CT molecular complexity index is 421. The maximum absolute atomic E-state index is 5.20. The van der Waals surface area contributed by atoms with Gasteiger partial charge in [-0.15, -0.1) is 0 Å². The Morgan fingerprint density at radius 1 is 1.33 bits per heavy atom. The first-order chi connectivity index (χ1) is 9.98. The number of rotatable bonds is 8. The van der Waals surface area contributed by atoms with Gasteiger partial charge in [-0.2, -0.15) is 0 Å². The van der Waals surface area contributed by atoms with E-state index in [1.165, 1.54) is 18.4 Å². The van der Waals surface area contributed by atoms with Crippen LogP contribution in [0.15, 0.2) is 18.3 Å². The van der Waals surface area contributed by atoms with E-state index in [0.29, 0.717) is 0 Å². The van der Waals surface area contributed by atoms with Crippen LogP contribution in [0.3, 0.4) is 0 Å². The van der Waals surface area contributed by atoms with Gasteiger partial charge in [0.1, 0.15) is 0 Å². The van der Waals surface area contributed by atoms with Crippen LogP contribution in [0.1, 0.15) is 44.9 Å². The van der Waals surface area contributed by atoms with Crippen molar-refractivity contribution >= 4 is 0 Å². The van der Waals surface area contributed by atoms with Crippen molar-refractivity contribution in [3.63, 3.8) is 0 Å². The summed E-state index contributed by atoms with van der Waals surface area (Å²) in [6.45, 7) is 10.1. The van der Waals surface area contributed by atoms with Crippen molar-refractivity contribution in [1.29, 1.82) is 0 Å². The van der Waals surface area contributed by atoms with Crippen LogP contribution in [0.25, 0.3) is 0 Å². The Morgan fingerprint density at radius 2 is 2.10 bits per heavy atom. The zero-order chi connectivity index (χ0) is 15.3. The largest absolute Gasteiger partial charge is 0.383 e. The minimum atomic E-state index is 0.140. The summed E-state index contributed by atoms with van der Waals surface area (Å²) in [6, 6.07) is 5.08. The third-order valence-corrected chi connectivity index (χ3v) is 3.72. The Balaban J connectivity index is 1.85. The summed E-state index contributed by atoms with van der Waals surface area (Å²) in [5.74, 6) is 0. The van der Waals surface area contributed by atoms with E-state index in [9.17, 15) is 0 Å². The molecule has 1 N–H and O–H groups in total. The summed E-state index contributed by atoms with van der Waals surface area (Å²) in [7, 11) is 1.76. The van der Waals surface area contributed by atoms with E-state index in [2.05, 4.69) is 48.1 Å². The van der Waals surface area contributed by atoms with Crippen molar-refractivity contribution in [3.8, 4) is 0 Å². The minimum Gasteiger partial charge on any atom is -0.383 e. The first-order valence-corrected chi connectivity index (χ1v) is 7.90. The molecule has 1 aromatic rings. The van der Waals surface area contributed by atoms with Gasteiger partial charge in [0.2, 0.25) is 0 Å². The molecule has 2 rings (SSSR count). The third kappa shape index (κ3) is 6.12. The lowest BCUT2D eigenvalue weighted by Gasteiger charge is -2.22. The SMILES string of the molecule is COCCN(Cc1ccc(CNC(C)(C)C)cn1)C1CC1. The topological polar surface area (TPSA) is 37.4 Å². The molecular formula is C17H29N3O. The van der Waals surface area contributed by atoms with E-state index in [1.54, 1.807) is 7.11 Å². The number of hydrogen-bond acceptors (Lipinski definition) is 4. The summed E-state index contributed by atoms with van der Waals surface area (Å²) in [6.07, 6.45) is 4.63. The van der Waals surface area contributed by atoms with E-state index < -0.39 is 0 Å². The van der Waals surface area contributed by atoms with E-state index in [1.807, 2.05) is 6.20 Å². The highest BCUT2D eigenvalue weighted by Crippen LogP contribution is 2.27. The highest BCUT2D eigenvalue weighted by molar-refractivity contribution is 5.14. The molecule has 4 heteroatoms. The van der Waals surface area contributed by atoms with Crippen LogP contribution in [0.2, 0.25) is 0 Å². The summed E-state index contributed by atoms with van der Waals surface area (Å²) in [5.41, 5.74) is 2.53. The lowest BCUT2D eigenvalue weighted by atomic mass is 10.1. The molecule has 0 atom stereocenters. The summed E-state index contributed by atoms with van der Waals surface area (Å²) in [5, 5.41) is 3.49. The smallest absolute Gasteiger partial charge is 0.0589 e. The van der Waals surface area contributed by atoms with Gasteiger partial charge in [-0.1, -0.05) is 6.07 Å². The van der Waals surface area contributed by atoms with Gasteiger partial charge in [-0.3, -0.25) is 9.88 Å².